The number of ether oxygens (including phenoxy) is 3. The van der Waals surface area contributed by atoms with Crippen molar-refractivity contribution >= 4 is 17.6 Å². The smallest absolute Gasteiger partial charge is 0.431 e. The second kappa shape index (κ2) is 16.6. The highest BCUT2D eigenvalue weighted by atomic mass is 19.4. The number of nitrogens with one attached hydrogen (secondary N) is 2. The number of hydrogen-bond acceptors (Lipinski definition) is 10. The number of carbonyl (C=O) groups is 2. The van der Waals surface area contributed by atoms with E-state index in [4.69, 9.17) is 9.47 Å². The van der Waals surface area contributed by atoms with E-state index in [0.29, 0.717) is 31.7 Å². The molecule has 11 nitrogen and oxygen atoms in total. The van der Waals surface area contributed by atoms with Gasteiger partial charge in [0.25, 0.3) is 5.69 Å². The van der Waals surface area contributed by atoms with Gasteiger partial charge in [-0.2, -0.15) is 13.2 Å². The van der Waals surface area contributed by atoms with Gasteiger partial charge in [0.05, 0.1) is 35.7 Å². The van der Waals surface area contributed by atoms with Crippen molar-refractivity contribution in [3.05, 3.63) is 92.8 Å². The van der Waals surface area contributed by atoms with E-state index in [1.54, 1.807) is 12.1 Å². The molecule has 0 saturated carbocycles. The summed E-state index contributed by atoms with van der Waals surface area (Å²) in [4.78, 5) is 36.6. The third-order valence-corrected chi connectivity index (χ3v) is 6.93. The molecule has 0 radical (unpaired) electrons. The maximum Gasteiger partial charge on any atom is 0.431 e. The third kappa shape index (κ3) is 10.0. The van der Waals surface area contributed by atoms with Crippen LogP contribution in [0.15, 0.2) is 77.1 Å². The number of nitro groups is 1. The Hall–Kier alpha value is -4.43. The van der Waals surface area contributed by atoms with Gasteiger partial charge in [-0.3, -0.25) is 10.1 Å². The number of nitrogens with zero attached hydrogens (tertiary/aromatic N) is 1. The van der Waals surface area contributed by atoms with Crippen LogP contribution < -0.4 is 15.4 Å². The van der Waals surface area contributed by atoms with Gasteiger partial charge >= 0.3 is 18.1 Å². The summed E-state index contributed by atoms with van der Waals surface area (Å²) in [6.07, 6.45) is -2.98. The number of esters is 2. The first-order chi connectivity index (χ1) is 21.4. The summed E-state index contributed by atoms with van der Waals surface area (Å²) in [5.74, 6) is -3.28. The molecule has 244 valence electrons. The van der Waals surface area contributed by atoms with E-state index in [2.05, 4.69) is 15.4 Å². The highest BCUT2D eigenvalue weighted by molar-refractivity contribution is 6.00. The van der Waals surface area contributed by atoms with Crippen molar-refractivity contribution in [3.8, 4) is 5.75 Å². The number of carbonyl (C=O) groups excluding carboxylic acids is 2. The van der Waals surface area contributed by atoms with Gasteiger partial charge in [0.2, 0.25) is 0 Å². The van der Waals surface area contributed by atoms with Crippen LogP contribution in [0.5, 0.6) is 5.75 Å². The Balaban J connectivity index is 1.56. The minimum atomic E-state index is -5.03. The molecule has 0 amide bonds. The molecular weight excluding hydrogens is 599 g/mol. The fraction of sp³-hybridized carbons (Fsp3) is 0.419. The molecule has 14 heteroatoms. The van der Waals surface area contributed by atoms with Gasteiger partial charge < -0.3 is 30.0 Å². The number of methoxy groups -OCH3 is 1. The lowest BCUT2D eigenvalue weighted by atomic mass is 9.80. The summed E-state index contributed by atoms with van der Waals surface area (Å²) in [5.41, 5.74) is -3.35. The number of para-hydroxylation sites is 1. The van der Waals surface area contributed by atoms with Crippen molar-refractivity contribution in [2.24, 2.45) is 0 Å². The van der Waals surface area contributed by atoms with Gasteiger partial charge in [-0.25, -0.2) is 9.59 Å². The first-order valence-corrected chi connectivity index (χ1v) is 14.3. The number of aliphatic hydroxyl groups is 1. The molecule has 0 saturated heterocycles. The van der Waals surface area contributed by atoms with E-state index >= 15 is 0 Å². The Bertz CT molecular complexity index is 1400. The zero-order valence-electron chi connectivity index (χ0n) is 24.9. The molecule has 45 heavy (non-hydrogen) atoms. The summed E-state index contributed by atoms with van der Waals surface area (Å²) < 4.78 is 57.6. The number of allylic oxidation sites excluding steroid dienone is 2. The molecule has 1 aliphatic heterocycles. The van der Waals surface area contributed by atoms with Crippen LogP contribution in [-0.2, 0) is 19.1 Å². The van der Waals surface area contributed by atoms with Crippen molar-refractivity contribution in [1.29, 1.82) is 0 Å². The van der Waals surface area contributed by atoms with Crippen LogP contribution >= 0.6 is 0 Å². The highest BCUT2D eigenvalue weighted by Crippen LogP contribution is 2.44. The summed E-state index contributed by atoms with van der Waals surface area (Å²) >= 11 is 0. The standard InChI is InChI=1S/C31H36F3N3O8/c1-20-25(30(40)44-16-9-4-3-8-15-35-18-23(38)19-45-24-13-6-5-7-14-24)26(21-11-10-12-22(17-21)37(41)42)27(29(39)43-2)28(36-20)31(32,33)34/h5-7,10-14,17,23,26,35-36,38H,3-4,8-9,15-16,18-19H2,1-2H3. The second-order valence-electron chi connectivity index (χ2n) is 10.3. The molecule has 0 bridgehead atoms. The van der Waals surface area contributed by atoms with Crippen LogP contribution in [0.2, 0.25) is 0 Å². The molecule has 1 heterocycles. The molecule has 2 aromatic carbocycles. The summed E-state index contributed by atoms with van der Waals surface area (Å²) in [6, 6.07) is 13.9. The largest absolute Gasteiger partial charge is 0.491 e. The second-order valence-corrected chi connectivity index (χ2v) is 10.3. The Kier molecular flexibility index (Phi) is 12.9. The zero-order chi connectivity index (χ0) is 33.0. The number of hydrogen-bond donors (Lipinski definition) is 3. The number of halogens is 3. The lowest BCUT2D eigenvalue weighted by Crippen LogP contribution is -2.38. The lowest BCUT2D eigenvalue weighted by molar-refractivity contribution is -0.384. The maximum atomic E-state index is 14.0. The Morgan fingerprint density at radius 3 is 2.42 bits per heavy atom. The van der Waals surface area contributed by atoms with Gasteiger partial charge in [0.1, 0.15) is 24.2 Å². The number of unbranched alkanes of at least 4 members (excludes halogenated alkanes) is 3. The Morgan fingerprint density at radius 2 is 1.76 bits per heavy atom. The first kappa shape index (κ1) is 35.1. The van der Waals surface area contributed by atoms with Crippen LogP contribution in [0.1, 0.15) is 44.1 Å². The fourth-order valence-electron chi connectivity index (χ4n) is 4.79. The minimum Gasteiger partial charge on any atom is -0.491 e. The maximum absolute atomic E-state index is 14.0. The van der Waals surface area contributed by atoms with E-state index in [-0.39, 0.29) is 30.0 Å². The molecule has 0 spiro atoms. The van der Waals surface area contributed by atoms with Crippen LogP contribution in [0.4, 0.5) is 18.9 Å². The molecule has 3 rings (SSSR count). The summed E-state index contributed by atoms with van der Waals surface area (Å²) in [6.45, 7) is 2.36. The van der Waals surface area contributed by atoms with Gasteiger partial charge in [-0.15, -0.1) is 0 Å². The summed E-state index contributed by atoms with van der Waals surface area (Å²) in [5, 5.41) is 26.7. The molecule has 0 aliphatic carbocycles. The van der Waals surface area contributed by atoms with Gasteiger partial charge in [0, 0.05) is 24.4 Å². The quantitative estimate of drug-likeness (QED) is 0.103. The molecule has 3 N–H and O–H groups in total. The highest BCUT2D eigenvalue weighted by Gasteiger charge is 2.47. The zero-order valence-corrected chi connectivity index (χ0v) is 24.9. The van der Waals surface area contributed by atoms with E-state index in [1.807, 2.05) is 18.2 Å². The van der Waals surface area contributed by atoms with E-state index < -0.39 is 52.0 Å². The fourth-order valence-corrected chi connectivity index (χ4v) is 4.79. The first-order valence-electron chi connectivity index (χ1n) is 14.3. The van der Waals surface area contributed by atoms with Crippen LogP contribution in [0.3, 0.4) is 0 Å². The van der Waals surface area contributed by atoms with Gasteiger partial charge in [-0.05, 0) is 44.0 Å². The van der Waals surface area contributed by atoms with Crippen LogP contribution in [0.25, 0.3) is 0 Å². The van der Waals surface area contributed by atoms with E-state index in [9.17, 15) is 38.0 Å². The lowest BCUT2D eigenvalue weighted by Gasteiger charge is -2.31. The predicted octanol–water partition coefficient (Wildman–Crippen LogP) is 4.68. The van der Waals surface area contributed by atoms with Crippen LogP contribution in [-0.4, -0.2) is 67.7 Å². The molecule has 2 unspecified atom stereocenters. The monoisotopic (exact) mass is 635 g/mol. The molecule has 0 fully saturated rings. The van der Waals surface area contributed by atoms with Gasteiger partial charge in [-0.1, -0.05) is 43.2 Å². The van der Waals surface area contributed by atoms with Crippen molar-refractivity contribution in [1.82, 2.24) is 10.6 Å². The SMILES string of the molecule is COC(=O)C1=C(C(F)(F)F)NC(C)=C(C(=O)OCCCCCCNCC(O)COc2ccccc2)C1c1cccc([N+](=O)[O-])c1. The predicted molar refractivity (Wildman–Crippen MR) is 157 cm³/mol. The summed E-state index contributed by atoms with van der Waals surface area (Å²) in [7, 11) is 0.898. The average Bonchev–Trinajstić information content (AvgIpc) is 3.02. The van der Waals surface area contributed by atoms with Crippen molar-refractivity contribution in [2.45, 2.75) is 50.8 Å². The van der Waals surface area contributed by atoms with Gasteiger partial charge in [0.15, 0.2) is 0 Å². The average molecular weight is 636 g/mol. The number of non-ortho nitro benzene ring substituents is 1. The van der Waals surface area contributed by atoms with Crippen molar-refractivity contribution in [3.63, 3.8) is 0 Å². The molecule has 1 aliphatic rings. The molecular formula is C31H36F3N3O8. The topological polar surface area (TPSA) is 149 Å². The molecule has 0 aromatic heterocycles. The van der Waals surface area contributed by atoms with Crippen LogP contribution in [0, 0.1) is 10.1 Å². The number of rotatable bonds is 16. The third-order valence-electron chi connectivity index (χ3n) is 6.93. The molecule has 2 atom stereocenters. The number of nitro benzene ring substituents is 1. The Morgan fingerprint density at radius 1 is 1.04 bits per heavy atom. The number of dihydropyridines is 1. The number of aliphatic hydroxyl groups excluding tert-OH is 1. The number of benzene rings is 2. The van der Waals surface area contributed by atoms with E-state index in [1.165, 1.54) is 19.1 Å². The Labute approximate surface area is 258 Å². The molecule has 2 aromatic rings. The number of alkyl halides is 3. The normalized spacial score (nSPS) is 15.7. The minimum absolute atomic E-state index is 0.0381. The van der Waals surface area contributed by atoms with E-state index in [0.717, 1.165) is 32.1 Å². The van der Waals surface area contributed by atoms with Crippen molar-refractivity contribution < 1.29 is 47.0 Å². The van der Waals surface area contributed by atoms with Crippen molar-refractivity contribution in [2.75, 3.05) is 33.4 Å².